The predicted octanol–water partition coefficient (Wildman–Crippen LogP) is 4.53. The number of ether oxygens (including phenoxy) is 2. The number of nitrogens with zero attached hydrogens (tertiary/aromatic N) is 1. The van der Waals surface area contributed by atoms with Crippen LogP contribution in [0.2, 0.25) is 0 Å². The number of nitro benzene ring substituents is 1. The molecule has 0 aliphatic carbocycles. The van der Waals surface area contributed by atoms with E-state index in [1.54, 1.807) is 25.1 Å². The molecule has 1 N–H and O–H groups in total. The molecule has 0 aliphatic heterocycles. The Labute approximate surface area is 160 Å². The van der Waals surface area contributed by atoms with Gasteiger partial charge in [0, 0.05) is 16.6 Å². The number of carbonyl (C=O) groups is 1. The number of methoxy groups -OCH3 is 1. The van der Waals surface area contributed by atoms with Crippen LogP contribution in [0, 0.1) is 10.1 Å². The fraction of sp³-hybridized carbons (Fsp3) is 0.188. The molecule has 0 aromatic heterocycles. The van der Waals surface area contributed by atoms with E-state index in [0.717, 1.165) is 4.47 Å². The van der Waals surface area contributed by atoms with Gasteiger partial charge in [-0.2, -0.15) is 0 Å². The number of hydrogen-bond acceptors (Lipinski definition) is 5. The van der Waals surface area contributed by atoms with Crippen molar-refractivity contribution in [3.63, 3.8) is 0 Å². The first kappa shape index (κ1) is 19.2. The summed E-state index contributed by atoms with van der Waals surface area (Å²) in [4.78, 5) is 22.7. The van der Waals surface area contributed by atoms with E-state index in [1.165, 1.54) is 25.3 Å². The van der Waals surface area contributed by atoms with E-state index in [0.29, 0.717) is 16.0 Å². The quantitative estimate of drug-likeness (QED) is 0.491. The number of halogens is 2. The molecule has 0 radical (unpaired) electrons. The maximum atomic E-state index is 12.4. The highest BCUT2D eigenvalue weighted by atomic mass is 79.9. The lowest BCUT2D eigenvalue weighted by Crippen LogP contribution is -2.30. The SMILES string of the molecule is COc1ccc([N+](=O)[O-])cc1NC(=O)C(C)Oc1ccc(Br)cc1Br. The third-order valence-corrected chi connectivity index (χ3v) is 4.33. The van der Waals surface area contributed by atoms with Crippen molar-refractivity contribution in [2.75, 3.05) is 12.4 Å². The summed E-state index contributed by atoms with van der Waals surface area (Å²) in [5, 5.41) is 13.5. The van der Waals surface area contributed by atoms with Crippen LogP contribution in [-0.4, -0.2) is 24.0 Å². The minimum absolute atomic E-state index is 0.152. The number of benzene rings is 2. The Balaban J connectivity index is 2.15. The number of carbonyl (C=O) groups excluding carboxylic acids is 1. The Hall–Kier alpha value is -2.13. The van der Waals surface area contributed by atoms with Crippen molar-refractivity contribution in [3.8, 4) is 11.5 Å². The number of rotatable bonds is 6. The zero-order valence-electron chi connectivity index (χ0n) is 13.3. The summed E-state index contributed by atoms with van der Waals surface area (Å²) >= 11 is 6.69. The van der Waals surface area contributed by atoms with E-state index in [1.807, 2.05) is 0 Å². The molecule has 0 aliphatic rings. The van der Waals surface area contributed by atoms with Crippen LogP contribution in [0.3, 0.4) is 0 Å². The minimum atomic E-state index is -0.832. The summed E-state index contributed by atoms with van der Waals surface area (Å²) < 4.78 is 12.3. The lowest BCUT2D eigenvalue weighted by molar-refractivity contribution is -0.384. The van der Waals surface area contributed by atoms with Gasteiger partial charge in [-0.3, -0.25) is 14.9 Å². The van der Waals surface area contributed by atoms with Crippen LogP contribution in [0.1, 0.15) is 6.92 Å². The summed E-state index contributed by atoms with van der Waals surface area (Å²) in [6.45, 7) is 1.58. The maximum absolute atomic E-state index is 12.4. The fourth-order valence-electron chi connectivity index (χ4n) is 1.96. The average Bonchev–Trinajstić information content (AvgIpc) is 2.57. The monoisotopic (exact) mass is 472 g/mol. The molecule has 9 heteroatoms. The predicted molar refractivity (Wildman–Crippen MR) is 100 cm³/mol. The smallest absolute Gasteiger partial charge is 0.271 e. The molecular formula is C16H14Br2N2O5. The molecule has 0 fully saturated rings. The Morgan fingerprint density at radius 3 is 2.48 bits per heavy atom. The van der Waals surface area contributed by atoms with E-state index < -0.39 is 16.9 Å². The molecule has 0 saturated heterocycles. The van der Waals surface area contributed by atoms with Gasteiger partial charge in [0.2, 0.25) is 0 Å². The molecular weight excluding hydrogens is 460 g/mol. The average molecular weight is 474 g/mol. The van der Waals surface area contributed by atoms with Gasteiger partial charge in [0.25, 0.3) is 11.6 Å². The zero-order valence-corrected chi connectivity index (χ0v) is 16.5. The summed E-state index contributed by atoms with van der Waals surface area (Å²) in [5.41, 5.74) is 0.0485. The van der Waals surface area contributed by atoms with E-state index in [-0.39, 0.29) is 11.4 Å². The lowest BCUT2D eigenvalue weighted by Gasteiger charge is -2.17. The van der Waals surface area contributed by atoms with Gasteiger partial charge in [0.05, 0.1) is 22.2 Å². The van der Waals surface area contributed by atoms with E-state index in [4.69, 9.17) is 9.47 Å². The summed E-state index contributed by atoms with van der Waals surface area (Å²) in [7, 11) is 1.41. The van der Waals surface area contributed by atoms with Crippen molar-refractivity contribution in [2.24, 2.45) is 0 Å². The third kappa shape index (κ3) is 4.93. The maximum Gasteiger partial charge on any atom is 0.271 e. The Morgan fingerprint density at radius 2 is 1.88 bits per heavy atom. The molecule has 25 heavy (non-hydrogen) atoms. The largest absolute Gasteiger partial charge is 0.495 e. The number of amides is 1. The Kier molecular flexibility index (Phi) is 6.38. The highest BCUT2D eigenvalue weighted by molar-refractivity contribution is 9.11. The van der Waals surface area contributed by atoms with Crippen LogP contribution in [-0.2, 0) is 4.79 Å². The van der Waals surface area contributed by atoms with E-state index in [9.17, 15) is 14.9 Å². The van der Waals surface area contributed by atoms with Crippen molar-refractivity contribution >= 4 is 49.1 Å². The lowest BCUT2D eigenvalue weighted by atomic mass is 10.2. The van der Waals surface area contributed by atoms with Gasteiger partial charge in [0.1, 0.15) is 11.5 Å². The van der Waals surface area contributed by atoms with Gasteiger partial charge in [-0.1, -0.05) is 15.9 Å². The van der Waals surface area contributed by atoms with E-state index in [2.05, 4.69) is 37.2 Å². The minimum Gasteiger partial charge on any atom is -0.495 e. The molecule has 0 spiro atoms. The van der Waals surface area contributed by atoms with Crippen LogP contribution >= 0.6 is 31.9 Å². The van der Waals surface area contributed by atoms with Crippen LogP contribution in [0.15, 0.2) is 45.3 Å². The molecule has 0 saturated carbocycles. The van der Waals surface area contributed by atoms with Gasteiger partial charge in [0.15, 0.2) is 6.10 Å². The molecule has 2 aromatic carbocycles. The Morgan fingerprint density at radius 1 is 1.20 bits per heavy atom. The highest BCUT2D eigenvalue weighted by Gasteiger charge is 2.19. The van der Waals surface area contributed by atoms with Gasteiger partial charge < -0.3 is 14.8 Å². The topological polar surface area (TPSA) is 90.7 Å². The first-order valence-corrected chi connectivity index (χ1v) is 8.65. The van der Waals surface area contributed by atoms with Crippen molar-refractivity contribution in [3.05, 3.63) is 55.5 Å². The number of hydrogen-bond donors (Lipinski definition) is 1. The van der Waals surface area contributed by atoms with Crippen LogP contribution in [0.4, 0.5) is 11.4 Å². The first-order chi connectivity index (χ1) is 11.8. The number of nitrogens with one attached hydrogen (secondary N) is 1. The summed E-state index contributed by atoms with van der Waals surface area (Å²) in [5.74, 6) is 0.349. The van der Waals surface area contributed by atoms with Gasteiger partial charge in [-0.15, -0.1) is 0 Å². The number of anilines is 1. The summed E-state index contributed by atoms with van der Waals surface area (Å²) in [6, 6.07) is 9.25. The van der Waals surface area contributed by atoms with Crippen LogP contribution in [0.25, 0.3) is 0 Å². The van der Waals surface area contributed by atoms with Crippen molar-refractivity contribution < 1.29 is 19.2 Å². The van der Waals surface area contributed by atoms with Crippen LogP contribution < -0.4 is 14.8 Å². The second-order valence-corrected chi connectivity index (χ2v) is 6.74. The molecule has 0 bridgehead atoms. The third-order valence-electron chi connectivity index (χ3n) is 3.22. The standard InChI is InChI=1S/C16H14Br2N2O5/c1-9(25-14-5-3-10(17)7-12(14)18)16(21)19-13-8-11(20(22)23)4-6-15(13)24-2/h3-9H,1-2H3,(H,19,21). The molecule has 132 valence electrons. The summed E-state index contributed by atoms with van der Waals surface area (Å²) in [6.07, 6.45) is -0.832. The second-order valence-electron chi connectivity index (χ2n) is 4.97. The normalized spacial score (nSPS) is 11.5. The zero-order chi connectivity index (χ0) is 18.6. The number of non-ortho nitro benzene ring substituents is 1. The van der Waals surface area contributed by atoms with Crippen molar-refractivity contribution in [1.82, 2.24) is 0 Å². The second kappa shape index (κ2) is 8.30. The van der Waals surface area contributed by atoms with Crippen molar-refractivity contribution in [2.45, 2.75) is 13.0 Å². The molecule has 7 nitrogen and oxygen atoms in total. The van der Waals surface area contributed by atoms with Gasteiger partial charge in [-0.05, 0) is 47.1 Å². The molecule has 1 unspecified atom stereocenters. The van der Waals surface area contributed by atoms with Crippen molar-refractivity contribution in [1.29, 1.82) is 0 Å². The van der Waals surface area contributed by atoms with Gasteiger partial charge >= 0.3 is 0 Å². The first-order valence-electron chi connectivity index (χ1n) is 7.07. The molecule has 2 rings (SSSR count). The fourth-order valence-corrected chi connectivity index (χ4v) is 3.10. The molecule has 2 aromatic rings. The Bertz CT molecular complexity index is 813. The molecule has 1 amide bonds. The van der Waals surface area contributed by atoms with E-state index >= 15 is 0 Å². The highest BCUT2D eigenvalue weighted by Crippen LogP contribution is 2.31. The molecule has 0 heterocycles. The number of nitro groups is 1. The van der Waals surface area contributed by atoms with Crippen LogP contribution in [0.5, 0.6) is 11.5 Å². The molecule has 1 atom stereocenters. The van der Waals surface area contributed by atoms with Gasteiger partial charge in [-0.25, -0.2) is 0 Å².